The second-order valence-corrected chi connectivity index (χ2v) is 3.65. The van der Waals surface area contributed by atoms with Crippen molar-refractivity contribution in [3.8, 4) is 0 Å². The summed E-state index contributed by atoms with van der Waals surface area (Å²) in [5.41, 5.74) is 1.68. The van der Waals surface area contributed by atoms with Gasteiger partial charge in [0.1, 0.15) is 5.78 Å². The largest absolute Gasteiger partial charge is 0.303 e. The molecule has 1 aromatic heterocycles. The summed E-state index contributed by atoms with van der Waals surface area (Å²) in [6.45, 7) is 1.63. The van der Waals surface area contributed by atoms with Crippen LogP contribution in [0.15, 0.2) is 18.3 Å². The van der Waals surface area contributed by atoms with E-state index in [2.05, 4.69) is 4.98 Å². The zero-order valence-corrected chi connectivity index (χ0v) is 8.56. The van der Waals surface area contributed by atoms with Gasteiger partial charge in [0.25, 0.3) is 0 Å². The first kappa shape index (κ1) is 9.83. The van der Waals surface area contributed by atoms with Crippen LogP contribution < -0.4 is 4.90 Å². The van der Waals surface area contributed by atoms with Gasteiger partial charge < -0.3 is 4.90 Å². The SMILES string of the molecule is CC(=O)CN1C(=O)CCc2ncccc21. The lowest BCUT2D eigenvalue weighted by atomic mass is 10.1. The smallest absolute Gasteiger partial charge is 0.227 e. The first-order valence-corrected chi connectivity index (χ1v) is 4.92. The summed E-state index contributed by atoms with van der Waals surface area (Å²) in [4.78, 5) is 28.4. The second-order valence-electron chi connectivity index (χ2n) is 3.65. The minimum absolute atomic E-state index is 0.00528. The normalized spacial score (nSPS) is 15.0. The van der Waals surface area contributed by atoms with Crippen molar-refractivity contribution in [2.45, 2.75) is 19.8 Å². The van der Waals surface area contributed by atoms with Crippen molar-refractivity contribution in [3.63, 3.8) is 0 Å². The Morgan fingerprint density at radius 2 is 2.33 bits per heavy atom. The van der Waals surface area contributed by atoms with Gasteiger partial charge in [-0.1, -0.05) is 0 Å². The summed E-state index contributed by atoms with van der Waals surface area (Å²) in [6, 6.07) is 3.62. The van der Waals surface area contributed by atoms with E-state index < -0.39 is 0 Å². The van der Waals surface area contributed by atoms with Gasteiger partial charge in [-0.3, -0.25) is 14.6 Å². The predicted molar refractivity (Wildman–Crippen MR) is 55.6 cm³/mol. The number of fused-ring (bicyclic) bond motifs is 1. The molecule has 0 aromatic carbocycles. The number of aromatic nitrogens is 1. The van der Waals surface area contributed by atoms with Crippen molar-refractivity contribution in [1.82, 2.24) is 4.98 Å². The minimum Gasteiger partial charge on any atom is -0.303 e. The molecular weight excluding hydrogens is 192 g/mol. The van der Waals surface area contributed by atoms with Crippen LogP contribution in [-0.2, 0) is 16.0 Å². The van der Waals surface area contributed by atoms with Crippen LogP contribution in [0.5, 0.6) is 0 Å². The molecule has 2 heterocycles. The van der Waals surface area contributed by atoms with Gasteiger partial charge >= 0.3 is 0 Å². The van der Waals surface area contributed by atoms with Crippen molar-refractivity contribution in [2.75, 3.05) is 11.4 Å². The highest BCUT2D eigenvalue weighted by molar-refractivity contribution is 6.00. The fourth-order valence-electron chi connectivity index (χ4n) is 1.76. The Balaban J connectivity index is 2.37. The van der Waals surface area contributed by atoms with E-state index >= 15 is 0 Å². The summed E-state index contributed by atoms with van der Waals surface area (Å²) in [5.74, 6) is -0.00856. The van der Waals surface area contributed by atoms with Gasteiger partial charge in [-0.25, -0.2) is 0 Å². The van der Waals surface area contributed by atoms with E-state index in [-0.39, 0.29) is 18.2 Å². The molecule has 0 aliphatic carbocycles. The number of nitrogens with zero attached hydrogens (tertiary/aromatic N) is 2. The van der Waals surface area contributed by atoms with Crippen LogP contribution in [0.3, 0.4) is 0 Å². The Hall–Kier alpha value is -1.71. The van der Waals surface area contributed by atoms with Gasteiger partial charge in [0.15, 0.2) is 0 Å². The number of pyridine rings is 1. The van der Waals surface area contributed by atoms with Gasteiger partial charge in [0, 0.05) is 19.0 Å². The first-order chi connectivity index (χ1) is 7.18. The molecule has 0 spiro atoms. The fourth-order valence-corrected chi connectivity index (χ4v) is 1.76. The van der Waals surface area contributed by atoms with Gasteiger partial charge in [-0.05, 0) is 19.1 Å². The molecule has 0 N–H and O–H groups in total. The Kier molecular flexibility index (Phi) is 2.49. The average Bonchev–Trinajstić information content (AvgIpc) is 2.22. The van der Waals surface area contributed by atoms with Crippen LogP contribution in [0.2, 0.25) is 0 Å². The maximum Gasteiger partial charge on any atom is 0.227 e. The highest BCUT2D eigenvalue weighted by Gasteiger charge is 2.25. The number of anilines is 1. The van der Waals surface area contributed by atoms with E-state index in [0.29, 0.717) is 12.8 Å². The molecule has 0 bridgehead atoms. The molecule has 0 atom stereocenters. The average molecular weight is 204 g/mol. The van der Waals surface area contributed by atoms with Gasteiger partial charge in [-0.15, -0.1) is 0 Å². The molecule has 0 saturated heterocycles. The van der Waals surface area contributed by atoms with E-state index in [9.17, 15) is 9.59 Å². The van der Waals surface area contributed by atoms with E-state index in [1.165, 1.54) is 11.8 Å². The molecule has 1 aliphatic heterocycles. The van der Waals surface area contributed by atoms with E-state index in [1.54, 1.807) is 12.3 Å². The van der Waals surface area contributed by atoms with Crippen LogP contribution in [0.1, 0.15) is 19.0 Å². The topological polar surface area (TPSA) is 50.3 Å². The number of Topliss-reactive ketones (excluding diaryl/α,β-unsaturated/α-hetero) is 1. The van der Waals surface area contributed by atoms with Gasteiger partial charge in [-0.2, -0.15) is 0 Å². The Bertz CT molecular complexity index is 415. The molecule has 4 nitrogen and oxygen atoms in total. The zero-order chi connectivity index (χ0) is 10.8. The molecule has 1 aliphatic rings. The maximum atomic E-state index is 11.6. The molecule has 0 fully saturated rings. The number of ketones is 1. The monoisotopic (exact) mass is 204 g/mol. The second kappa shape index (κ2) is 3.81. The van der Waals surface area contributed by atoms with Crippen molar-refractivity contribution in [1.29, 1.82) is 0 Å². The highest BCUT2D eigenvalue weighted by Crippen LogP contribution is 2.25. The van der Waals surface area contributed by atoms with Crippen LogP contribution in [0.4, 0.5) is 5.69 Å². The lowest BCUT2D eigenvalue weighted by Gasteiger charge is -2.27. The van der Waals surface area contributed by atoms with Crippen LogP contribution in [-0.4, -0.2) is 23.2 Å². The number of amides is 1. The summed E-state index contributed by atoms with van der Waals surface area (Å²) < 4.78 is 0. The van der Waals surface area contributed by atoms with Gasteiger partial charge in [0.05, 0.1) is 17.9 Å². The molecule has 2 rings (SSSR count). The number of hydrogen-bond acceptors (Lipinski definition) is 3. The predicted octanol–water partition coefficient (Wildman–Crippen LogP) is 0.950. The molecule has 15 heavy (non-hydrogen) atoms. The first-order valence-electron chi connectivity index (χ1n) is 4.92. The number of rotatable bonds is 2. The van der Waals surface area contributed by atoms with Crippen LogP contribution >= 0.6 is 0 Å². The number of aryl methyl sites for hydroxylation is 1. The van der Waals surface area contributed by atoms with E-state index in [1.807, 2.05) is 6.07 Å². The molecule has 0 saturated carbocycles. The third-order valence-electron chi connectivity index (χ3n) is 2.41. The molecular formula is C11H12N2O2. The Morgan fingerprint density at radius 1 is 1.53 bits per heavy atom. The van der Waals surface area contributed by atoms with Gasteiger partial charge in [0.2, 0.25) is 5.91 Å². The minimum atomic E-state index is -0.0138. The standard InChI is InChI=1S/C11H12N2O2/c1-8(14)7-13-10-3-2-6-12-9(10)4-5-11(13)15/h2-3,6H,4-5,7H2,1H3. The van der Waals surface area contributed by atoms with Crippen molar-refractivity contribution >= 4 is 17.4 Å². The van der Waals surface area contributed by atoms with Crippen LogP contribution in [0, 0.1) is 0 Å². The van der Waals surface area contributed by atoms with E-state index in [0.717, 1.165) is 11.4 Å². The molecule has 0 radical (unpaired) electrons. The number of carbonyl (C=O) groups excluding carboxylic acids is 2. The molecule has 0 unspecified atom stereocenters. The fraction of sp³-hybridized carbons (Fsp3) is 0.364. The van der Waals surface area contributed by atoms with Crippen LogP contribution in [0.25, 0.3) is 0 Å². The third-order valence-corrected chi connectivity index (χ3v) is 2.41. The summed E-state index contributed by atoms with van der Waals surface area (Å²) in [5, 5.41) is 0. The summed E-state index contributed by atoms with van der Waals surface area (Å²) in [6.07, 6.45) is 2.82. The van der Waals surface area contributed by atoms with E-state index in [4.69, 9.17) is 0 Å². The zero-order valence-electron chi connectivity index (χ0n) is 8.56. The molecule has 1 aromatic rings. The number of carbonyl (C=O) groups is 2. The summed E-state index contributed by atoms with van der Waals surface area (Å²) >= 11 is 0. The summed E-state index contributed by atoms with van der Waals surface area (Å²) in [7, 11) is 0. The number of hydrogen-bond donors (Lipinski definition) is 0. The van der Waals surface area contributed by atoms with Crippen molar-refractivity contribution in [3.05, 3.63) is 24.0 Å². The molecule has 78 valence electrons. The third kappa shape index (κ3) is 1.88. The molecule has 1 amide bonds. The highest BCUT2D eigenvalue weighted by atomic mass is 16.2. The Morgan fingerprint density at radius 3 is 3.07 bits per heavy atom. The lowest BCUT2D eigenvalue weighted by molar-refractivity contribution is -0.122. The lowest BCUT2D eigenvalue weighted by Crippen LogP contribution is -2.38. The quantitative estimate of drug-likeness (QED) is 0.720. The van der Waals surface area contributed by atoms with Crippen molar-refractivity contribution in [2.24, 2.45) is 0 Å². The van der Waals surface area contributed by atoms with Crippen molar-refractivity contribution < 1.29 is 9.59 Å². The Labute approximate surface area is 87.9 Å². The maximum absolute atomic E-state index is 11.6. The molecule has 4 heteroatoms.